The number of anilines is 1. The average Bonchev–Trinajstić information content (AvgIpc) is 2.39. The number of benzene rings is 1. The first-order chi connectivity index (χ1) is 9.08. The topological polar surface area (TPSA) is 72.4 Å². The molecule has 0 aromatic heterocycles. The maximum atomic E-state index is 10.9. The van der Waals surface area contributed by atoms with E-state index in [1.54, 1.807) is 0 Å². The van der Waals surface area contributed by atoms with Crippen molar-refractivity contribution in [2.75, 3.05) is 18.0 Å². The van der Waals surface area contributed by atoms with Crippen LogP contribution in [0, 0.1) is 5.92 Å². The number of para-hydroxylation sites is 1. The molecular weight excluding hydrogens is 258 g/mol. The molecule has 1 heterocycles. The minimum absolute atomic E-state index is 0.206. The first kappa shape index (κ1) is 13.8. The molecule has 0 spiro atoms. The van der Waals surface area contributed by atoms with Gasteiger partial charge in [0, 0.05) is 30.8 Å². The van der Waals surface area contributed by atoms with Crippen molar-refractivity contribution in [3.63, 3.8) is 0 Å². The quantitative estimate of drug-likeness (QED) is 0.816. The average molecular weight is 277 g/mol. The van der Waals surface area contributed by atoms with Crippen LogP contribution in [0.4, 0.5) is 5.69 Å². The molecule has 1 fully saturated rings. The van der Waals surface area contributed by atoms with Gasteiger partial charge in [-0.3, -0.25) is 4.79 Å². The fourth-order valence-electron chi connectivity index (χ4n) is 2.62. The number of carbonyl (C=O) groups excluding carboxylic acids is 1. The Labute approximate surface area is 118 Å². The van der Waals surface area contributed by atoms with Crippen LogP contribution < -0.4 is 16.4 Å². The predicted molar refractivity (Wildman–Crippen MR) is 81.1 cm³/mol. The van der Waals surface area contributed by atoms with E-state index in [1.807, 2.05) is 24.3 Å². The van der Waals surface area contributed by atoms with E-state index in [1.165, 1.54) is 0 Å². The molecule has 1 aromatic carbocycles. The summed E-state index contributed by atoms with van der Waals surface area (Å²) in [4.78, 5) is 13.6. The molecule has 4 nitrogen and oxygen atoms in total. The molecule has 0 unspecified atom stereocenters. The van der Waals surface area contributed by atoms with Gasteiger partial charge in [0.05, 0.1) is 0 Å². The normalized spacial score (nSPS) is 16.3. The zero-order valence-corrected chi connectivity index (χ0v) is 11.7. The molecule has 1 aliphatic rings. The van der Waals surface area contributed by atoms with Gasteiger partial charge in [-0.15, -0.1) is 0 Å². The highest BCUT2D eigenvalue weighted by atomic mass is 32.1. The van der Waals surface area contributed by atoms with Crippen LogP contribution in [-0.2, 0) is 4.79 Å². The number of hydrogen-bond donors (Lipinski definition) is 2. The van der Waals surface area contributed by atoms with E-state index in [-0.39, 0.29) is 5.91 Å². The molecule has 102 valence electrons. The van der Waals surface area contributed by atoms with E-state index < -0.39 is 0 Å². The lowest BCUT2D eigenvalue weighted by Crippen LogP contribution is -2.36. The molecule has 0 bridgehead atoms. The van der Waals surface area contributed by atoms with Gasteiger partial charge in [-0.05, 0) is 30.9 Å². The zero-order chi connectivity index (χ0) is 13.8. The molecule has 5 heteroatoms. The van der Waals surface area contributed by atoms with E-state index in [4.69, 9.17) is 23.7 Å². The number of carbonyl (C=O) groups is 1. The maximum absolute atomic E-state index is 10.9. The molecule has 1 aliphatic heterocycles. The highest BCUT2D eigenvalue weighted by Gasteiger charge is 2.22. The predicted octanol–water partition coefficient (Wildman–Crippen LogP) is 1.41. The van der Waals surface area contributed by atoms with Crippen LogP contribution >= 0.6 is 12.2 Å². The number of nitrogens with two attached hydrogens (primary N) is 2. The third kappa shape index (κ3) is 3.44. The Morgan fingerprint density at radius 3 is 2.47 bits per heavy atom. The van der Waals surface area contributed by atoms with Crippen molar-refractivity contribution in [2.24, 2.45) is 17.4 Å². The van der Waals surface area contributed by atoms with Crippen molar-refractivity contribution in [3.05, 3.63) is 29.8 Å². The molecule has 1 amide bonds. The second-order valence-corrected chi connectivity index (χ2v) is 5.42. The minimum Gasteiger partial charge on any atom is -0.389 e. The Hall–Kier alpha value is -1.62. The Morgan fingerprint density at radius 1 is 1.26 bits per heavy atom. The summed E-state index contributed by atoms with van der Waals surface area (Å²) in [6, 6.07) is 7.93. The number of piperidine rings is 1. The van der Waals surface area contributed by atoms with Gasteiger partial charge in [0.15, 0.2) is 0 Å². The van der Waals surface area contributed by atoms with Gasteiger partial charge < -0.3 is 16.4 Å². The van der Waals surface area contributed by atoms with Gasteiger partial charge in [-0.2, -0.15) is 0 Å². The Balaban J connectivity index is 2.05. The lowest BCUT2D eigenvalue weighted by atomic mass is 9.92. The van der Waals surface area contributed by atoms with E-state index in [2.05, 4.69) is 4.90 Å². The molecule has 1 aromatic rings. The summed E-state index contributed by atoms with van der Waals surface area (Å²) in [7, 11) is 0. The van der Waals surface area contributed by atoms with E-state index in [9.17, 15) is 4.79 Å². The summed E-state index contributed by atoms with van der Waals surface area (Å²) in [5.41, 5.74) is 13.0. The Morgan fingerprint density at radius 2 is 1.89 bits per heavy atom. The van der Waals surface area contributed by atoms with E-state index >= 15 is 0 Å². The van der Waals surface area contributed by atoms with Crippen LogP contribution in [-0.4, -0.2) is 24.0 Å². The third-order valence-corrected chi connectivity index (χ3v) is 3.83. The minimum atomic E-state index is -0.206. The lowest BCUT2D eigenvalue weighted by Gasteiger charge is -2.34. The first-order valence-electron chi connectivity index (χ1n) is 6.50. The molecule has 19 heavy (non-hydrogen) atoms. The van der Waals surface area contributed by atoms with Crippen molar-refractivity contribution in [2.45, 2.75) is 19.3 Å². The van der Waals surface area contributed by atoms with E-state index in [0.717, 1.165) is 37.2 Å². The van der Waals surface area contributed by atoms with Gasteiger partial charge in [-0.1, -0.05) is 24.4 Å². The Bertz CT molecular complexity index is 481. The number of rotatable bonds is 4. The smallest absolute Gasteiger partial charge is 0.217 e. The van der Waals surface area contributed by atoms with Crippen LogP contribution in [0.15, 0.2) is 24.3 Å². The molecular formula is C14H19N3OS. The van der Waals surface area contributed by atoms with Crippen molar-refractivity contribution in [1.29, 1.82) is 0 Å². The fourth-order valence-corrected chi connectivity index (χ4v) is 2.79. The van der Waals surface area contributed by atoms with Crippen LogP contribution in [0.25, 0.3) is 0 Å². The fraction of sp³-hybridized carbons (Fsp3) is 0.429. The summed E-state index contributed by atoms with van der Waals surface area (Å²) >= 11 is 5.09. The molecule has 2 rings (SSSR count). The van der Waals surface area contributed by atoms with Gasteiger partial charge in [0.25, 0.3) is 0 Å². The highest BCUT2D eigenvalue weighted by molar-refractivity contribution is 7.80. The molecule has 4 N–H and O–H groups in total. The molecule has 1 saturated heterocycles. The SMILES string of the molecule is NC(=O)CC1CCN(c2ccccc2C(N)=S)CC1. The van der Waals surface area contributed by atoms with Crippen molar-refractivity contribution in [3.8, 4) is 0 Å². The second-order valence-electron chi connectivity index (χ2n) is 4.98. The van der Waals surface area contributed by atoms with Crippen LogP contribution in [0.3, 0.4) is 0 Å². The summed E-state index contributed by atoms with van der Waals surface area (Å²) in [5, 5.41) is 0. The summed E-state index contributed by atoms with van der Waals surface area (Å²) < 4.78 is 0. The van der Waals surface area contributed by atoms with Crippen LogP contribution in [0.2, 0.25) is 0 Å². The van der Waals surface area contributed by atoms with Crippen LogP contribution in [0.5, 0.6) is 0 Å². The standard InChI is InChI=1S/C14H19N3OS/c15-13(18)9-10-5-7-17(8-6-10)12-4-2-1-3-11(12)14(16)19/h1-4,10H,5-9H2,(H2,15,18)(H2,16,19). The third-order valence-electron chi connectivity index (χ3n) is 3.61. The summed E-state index contributed by atoms with van der Waals surface area (Å²) in [6.45, 7) is 1.83. The second kappa shape index (κ2) is 6.02. The van der Waals surface area contributed by atoms with Crippen molar-refractivity contribution < 1.29 is 4.79 Å². The monoisotopic (exact) mass is 277 g/mol. The van der Waals surface area contributed by atoms with Crippen molar-refractivity contribution >= 4 is 28.8 Å². The molecule has 0 aliphatic carbocycles. The lowest BCUT2D eigenvalue weighted by molar-refractivity contribution is -0.119. The summed E-state index contributed by atoms with van der Waals surface area (Å²) in [5.74, 6) is 0.202. The number of nitrogens with zero attached hydrogens (tertiary/aromatic N) is 1. The van der Waals surface area contributed by atoms with Gasteiger partial charge in [-0.25, -0.2) is 0 Å². The van der Waals surface area contributed by atoms with Gasteiger partial charge >= 0.3 is 0 Å². The largest absolute Gasteiger partial charge is 0.389 e. The highest BCUT2D eigenvalue weighted by Crippen LogP contribution is 2.27. The maximum Gasteiger partial charge on any atom is 0.217 e. The van der Waals surface area contributed by atoms with Crippen molar-refractivity contribution in [1.82, 2.24) is 0 Å². The summed E-state index contributed by atoms with van der Waals surface area (Å²) in [6.07, 6.45) is 2.45. The number of thiocarbonyl (C=S) groups is 1. The number of primary amides is 1. The Kier molecular flexibility index (Phi) is 4.37. The number of hydrogen-bond acceptors (Lipinski definition) is 3. The number of amides is 1. The molecule has 0 atom stereocenters. The van der Waals surface area contributed by atoms with Crippen LogP contribution in [0.1, 0.15) is 24.8 Å². The van der Waals surface area contributed by atoms with Gasteiger partial charge in [0.1, 0.15) is 4.99 Å². The molecule has 0 saturated carbocycles. The van der Waals surface area contributed by atoms with Gasteiger partial charge in [0.2, 0.25) is 5.91 Å². The molecule has 0 radical (unpaired) electrons. The first-order valence-corrected chi connectivity index (χ1v) is 6.91. The zero-order valence-electron chi connectivity index (χ0n) is 10.8. The van der Waals surface area contributed by atoms with E-state index in [0.29, 0.717) is 17.3 Å².